The molecule has 0 radical (unpaired) electrons. The Morgan fingerprint density at radius 1 is 1.00 bits per heavy atom. The maximum atomic E-state index is 7.23. The summed E-state index contributed by atoms with van der Waals surface area (Å²) in [7, 11) is -2.62. The molecule has 0 aliphatic heterocycles. The third-order valence-electron chi connectivity index (χ3n) is 0. The average molecular weight is 175 g/mol. The largest absolute Gasteiger partial charge is 0.328 e. The molecule has 3 nitrogen and oxygen atoms in total. The summed E-state index contributed by atoms with van der Waals surface area (Å²) in [6.45, 7) is 0. The van der Waals surface area contributed by atoms with E-state index in [1.807, 2.05) is 0 Å². The molecule has 0 rings (SSSR count). The molecule has 44 valence electrons. The fourth-order valence-electron chi connectivity index (χ4n) is 0. The maximum Gasteiger partial charge on any atom is 0.324 e. The molecule has 0 fully saturated rings. The van der Waals surface area contributed by atoms with Gasteiger partial charge in [0.1, 0.15) is 0 Å². The second-order valence-electron chi connectivity index (χ2n) is 0.268. The van der Waals surface area contributed by atoms with Crippen LogP contribution in [0.1, 0.15) is 0 Å². The van der Waals surface area contributed by atoms with Gasteiger partial charge >= 0.3 is 8.60 Å². The van der Waals surface area contributed by atoms with E-state index in [0.29, 0.717) is 0 Å². The van der Waals surface area contributed by atoms with E-state index in [1.165, 1.54) is 0 Å². The van der Waals surface area contributed by atoms with Crippen molar-refractivity contribution in [2.24, 2.45) is 0 Å². The van der Waals surface area contributed by atoms with Crippen LogP contribution < -0.4 is 0 Å². The first-order valence-corrected chi connectivity index (χ1v) is 1.80. The van der Waals surface area contributed by atoms with Gasteiger partial charge in [0.15, 0.2) is 0 Å². The molecule has 0 aliphatic rings. The Labute approximate surface area is 50.3 Å². The summed E-state index contributed by atoms with van der Waals surface area (Å²) in [5.41, 5.74) is 0. The summed E-state index contributed by atoms with van der Waals surface area (Å²) in [6, 6.07) is 0. The van der Waals surface area contributed by atoms with Gasteiger partial charge in [-0.15, -0.1) is 0 Å². The molecule has 0 spiro atoms. The van der Waals surface area contributed by atoms with Crippen LogP contribution in [-0.2, 0) is 16.5 Å². The summed E-state index contributed by atoms with van der Waals surface area (Å²) in [5, 5.41) is 0. The molecule has 0 aliphatic carbocycles. The first-order chi connectivity index (χ1) is 1.73. The molecule has 0 aromatic carbocycles. The van der Waals surface area contributed by atoms with Gasteiger partial charge in [-0.1, -0.05) is 0 Å². The van der Waals surface area contributed by atoms with E-state index in [-0.39, 0.29) is 26.4 Å². The molecular formula is H6NiO3P2. The van der Waals surface area contributed by atoms with Crippen molar-refractivity contribution in [1.29, 1.82) is 0 Å². The molecule has 0 bridgehead atoms. The van der Waals surface area contributed by atoms with E-state index >= 15 is 0 Å². The van der Waals surface area contributed by atoms with Crippen molar-refractivity contribution in [2.45, 2.75) is 0 Å². The Morgan fingerprint density at radius 2 is 1.00 bits per heavy atom. The van der Waals surface area contributed by atoms with Crippen molar-refractivity contribution >= 4 is 18.5 Å². The van der Waals surface area contributed by atoms with Gasteiger partial charge in [-0.25, -0.2) is 0 Å². The Hall–Kier alpha value is 1.23. The molecule has 0 saturated heterocycles. The quantitative estimate of drug-likeness (QED) is 0.335. The molecule has 1 atom stereocenters. The topological polar surface area (TPSA) is 60.7 Å². The van der Waals surface area contributed by atoms with Gasteiger partial charge in [0.2, 0.25) is 0 Å². The minimum absolute atomic E-state index is 0. The van der Waals surface area contributed by atoms with E-state index in [9.17, 15) is 0 Å². The first kappa shape index (κ1) is 15.7. The summed E-state index contributed by atoms with van der Waals surface area (Å²) in [4.78, 5) is 21.7. The number of hydrogen-bond acceptors (Lipinski definition) is 3. The van der Waals surface area contributed by atoms with Gasteiger partial charge in [-0.05, 0) is 0 Å². The number of hydrogen-bond donors (Lipinski definition) is 3. The zero-order valence-corrected chi connectivity index (χ0v) is 6.11. The minimum Gasteiger partial charge on any atom is -0.328 e. The predicted molar refractivity (Wildman–Crippen MR) is 24.7 cm³/mol. The van der Waals surface area contributed by atoms with E-state index < -0.39 is 8.60 Å². The van der Waals surface area contributed by atoms with Crippen molar-refractivity contribution < 1.29 is 31.2 Å². The molecule has 0 aromatic heterocycles. The first-order valence-electron chi connectivity index (χ1n) is 0.600. The zero-order chi connectivity index (χ0) is 3.58. The summed E-state index contributed by atoms with van der Waals surface area (Å²) in [6.07, 6.45) is 0. The van der Waals surface area contributed by atoms with Gasteiger partial charge in [-0.2, -0.15) is 9.90 Å². The predicted octanol–water partition coefficient (Wildman–Crippen LogP) is -0.754. The molecule has 6 heavy (non-hydrogen) atoms. The Bertz CT molecular complexity index is 13.5. The summed E-state index contributed by atoms with van der Waals surface area (Å²) < 4.78 is 0. The molecule has 3 N–H and O–H groups in total. The van der Waals surface area contributed by atoms with Crippen LogP contribution in [0, 0.1) is 0 Å². The summed E-state index contributed by atoms with van der Waals surface area (Å²) >= 11 is 0. The minimum atomic E-state index is -2.62. The van der Waals surface area contributed by atoms with Crippen molar-refractivity contribution in [3.05, 3.63) is 0 Å². The molecule has 6 heteroatoms. The van der Waals surface area contributed by atoms with E-state index in [0.717, 1.165) is 0 Å². The van der Waals surface area contributed by atoms with Crippen molar-refractivity contribution in [3.63, 3.8) is 0 Å². The second-order valence-corrected chi connectivity index (χ2v) is 0.805. The molecular weight excluding hydrogens is 169 g/mol. The smallest absolute Gasteiger partial charge is 0.324 e. The van der Waals surface area contributed by atoms with Gasteiger partial charge in [-0.3, -0.25) is 0 Å². The third-order valence-corrected chi connectivity index (χ3v) is 0. The van der Waals surface area contributed by atoms with Crippen LogP contribution in [0.25, 0.3) is 0 Å². The molecule has 0 amide bonds. The molecule has 0 heterocycles. The van der Waals surface area contributed by atoms with Gasteiger partial charge in [0.25, 0.3) is 0 Å². The Morgan fingerprint density at radius 3 is 1.00 bits per heavy atom. The fourth-order valence-corrected chi connectivity index (χ4v) is 0. The molecule has 1 unspecified atom stereocenters. The molecule has 0 aromatic rings. The molecule has 0 saturated carbocycles. The van der Waals surface area contributed by atoms with Gasteiger partial charge < -0.3 is 14.7 Å². The zero-order valence-electron chi connectivity index (χ0n) is 2.81. The van der Waals surface area contributed by atoms with Crippen molar-refractivity contribution in [3.8, 4) is 0 Å². The van der Waals surface area contributed by atoms with Crippen molar-refractivity contribution in [1.82, 2.24) is 0 Å². The van der Waals surface area contributed by atoms with Gasteiger partial charge in [0, 0.05) is 16.5 Å². The SMILES string of the molecule is OP(O)O.P.[Ni]. The number of rotatable bonds is 0. The monoisotopic (exact) mass is 174 g/mol. The van der Waals surface area contributed by atoms with Crippen LogP contribution in [-0.4, -0.2) is 14.7 Å². The average Bonchev–Trinajstić information content (AvgIpc) is 0.811. The summed E-state index contributed by atoms with van der Waals surface area (Å²) in [5.74, 6) is 0. The van der Waals surface area contributed by atoms with E-state index in [4.69, 9.17) is 14.7 Å². The second kappa shape index (κ2) is 9.53. The van der Waals surface area contributed by atoms with Crippen LogP contribution in [0.4, 0.5) is 0 Å². The standard InChI is InChI=1S/Ni.H3O3P.H3P/c;1-4(2)3;/h;1-3H;1H3. The van der Waals surface area contributed by atoms with E-state index in [2.05, 4.69) is 0 Å². The Kier molecular flexibility index (Phi) is 24.9. The third kappa shape index (κ3) is 61.6. The van der Waals surface area contributed by atoms with Crippen LogP contribution in [0.5, 0.6) is 0 Å². The van der Waals surface area contributed by atoms with Crippen molar-refractivity contribution in [2.75, 3.05) is 0 Å². The van der Waals surface area contributed by atoms with Crippen LogP contribution in [0.15, 0.2) is 0 Å². The van der Waals surface area contributed by atoms with Gasteiger partial charge in [0.05, 0.1) is 0 Å². The van der Waals surface area contributed by atoms with Crippen LogP contribution in [0.3, 0.4) is 0 Å². The Balaban J connectivity index is -0.0000000450. The maximum absolute atomic E-state index is 7.23. The van der Waals surface area contributed by atoms with Crippen LogP contribution >= 0.6 is 18.5 Å². The normalized spacial score (nSPS) is 6.00. The fraction of sp³-hybridized carbons (Fsp3) is 0. The van der Waals surface area contributed by atoms with Crippen LogP contribution in [0.2, 0.25) is 0 Å². The van der Waals surface area contributed by atoms with E-state index in [1.54, 1.807) is 0 Å².